The van der Waals surface area contributed by atoms with Crippen LogP contribution in [-0.2, 0) is 10.8 Å². The number of hydrogen-bond donors (Lipinski definition) is 0. The Balaban J connectivity index is 1.34. The van der Waals surface area contributed by atoms with Crippen molar-refractivity contribution in [2.75, 3.05) is 9.80 Å². The van der Waals surface area contributed by atoms with E-state index in [1.165, 1.54) is 65.6 Å². The molecule has 0 aliphatic rings. The normalized spacial score (nSPS) is 12.1. The Morgan fingerprint density at radius 2 is 0.643 bits per heavy atom. The van der Waals surface area contributed by atoms with E-state index in [-0.39, 0.29) is 10.8 Å². The minimum absolute atomic E-state index is 0.140. The van der Waals surface area contributed by atoms with Crippen LogP contribution in [-0.4, -0.2) is 0 Å². The molecule has 2 heteroatoms. The number of nitrogens with zero attached hydrogens (tertiary/aromatic N) is 2. The molecule has 9 aromatic carbocycles. The fourth-order valence-electron chi connectivity index (χ4n) is 8.91. The number of fused-ring (bicyclic) bond motifs is 4. The number of hydrogen-bond acceptors (Lipinski definition) is 2. The highest BCUT2D eigenvalue weighted by atomic mass is 15.1. The third kappa shape index (κ3) is 6.16. The van der Waals surface area contributed by atoms with Gasteiger partial charge >= 0.3 is 0 Å². The second-order valence-corrected chi connectivity index (χ2v) is 17.0. The fourth-order valence-corrected chi connectivity index (χ4v) is 8.91. The summed E-state index contributed by atoms with van der Waals surface area (Å²) in [5, 5.41) is 10.1. The topological polar surface area (TPSA) is 6.48 Å². The molecule has 0 radical (unpaired) electrons. The van der Waals surface area contributed by atoms with Gasteiger partial charge in [-0.2, -0.15) is 0 Å². The van der Waals surface area contributed by atoms with E-state index in [9.17, 15) is 0 Å². The van der Waals surface area contributed by atoms with Gasteiger partial charge in [-0.05, 0) is 115 Å². The summed E-state index contributed by atoms with van der Waals surface area (Å²) in [6, 6.07) is 66.6. The summed E-state index contributed by atoms with van der Waals surface area (Å²) < 4.78 is 0. The van der Waals surface area contributed by atoms with Crippen molar-refractivity contribution in [1.82, 2.24) is 0 Å². The van der Waals surface area contributed by atoms with E-state index in [0.29, 0.717) is 0 Å². The van der Waals surface area contributed by atoms with Crippen LogP contribution in [0.25, 0.3) is 43.1 Å². The Hall–Kier alpha value is -6.38. The number of anilines is 6. The summed E-state index contributed by atoms with van der Waals surface area (Å²) >= 11 is 0. The molecule has 0 unspecified atom stereocenters. The molecular formula is C54H48N2. The van der Waals surface area contributed by atoms with Crippen LogP contribution >= 0.6 is 0 Å². The van der Waals surface area contributed by atoms with Crippen LogP contribution in [0.15, 0.2) is 182 Å². The monoisotopic (exact) mass is 724 g/mol. The smallest absolute Gasteiger partial charge is 0.0540 e. The summed E-state index contributed by atoms with van der Waals surface area (Å²) in [6.45, 7) is 14.2. The molecule has 0 spiro atoms. The number of para-hydroxylation sites is 2. The lowest BCUT2D eigenvalue weighted by Crippen LogP contribution is -2.19. The number of rotatable bonds is 6. The van der Waals surface area contributed by atoms with Gasteiger partial charge in [-0.1, -0.05) is 163 Å². The third-order valence-corrected chi connectivity index (χ3v) is 11.1. The van der Waals surface area contributed by atoms with Crippen molar-refractivity contribution in [3.63, 3.8) is 0 Å². The summed E-state index contributed by atoms with van der Waals surface area (Å²) in [7, 11) is 0. The van der Waals surface area contributed by atoms with Crippen molar-refractivity contribution in [2.45, 2.75) is 52.4 Å². The molecule has 0 saturated carbocycles. The largest absolute Gasteiger partial charge is 0.310 e. The summed E-state index contributed by atoms with van der Waals surface area (Å²) in [6.07, 6.45) is 0. The maximum Gasteiger partial charge on any atom is 0.0540 e. The van der Waals surface area contributed by atoms with Crippen molar-refractivity contribution in [2.24, 2.45) is 0 Å². The van der Waals surface area contributed by atoms with Crippen molar-refractivity contribution in [3.8, 4) is 0 Å². The Kier molecular flexibility index (Phi) is 8.66. The van der Waals surface area contributed by atoms with Crippen molar-refractivity contribution >= 4 is 77.2 Å². The maximum atomic E-state index is 2.46. The Morgan fingerprint density at radius 1 is 0.286 bits per heavy atom. The minimum atomic E-state index is -0.140. The van der Waals surface area contributed by atoms with Gasteiger partial charge in [0.25, 0.3) is 0 Å². The maximum absolute atomic E-state index is 2.46. The Labute approximate surface area is 331 Å². The molecule has 9 rings (SSSR count). The van der Waals surface area contributed by atoms with E-state index in [1.54, 1.807) is 0 Å². The first-order valence-corrected chi connectivity index (χ1v) is 19.8. The second kappa shape index (κ2) is 13.7. The first-order valence-electron chi connectivity index (χ1n) is 19.8. The molecule has 0 N–H and O–H groups in total. The molecule has 0 heterocycles. The second-order valence-electron chi connectivity index (χ2n) is 17.0. The average molecular weight is 725 g/mol. The van der Waals surface area contributed by atoms with Crippen molar-refractivity contribution in [1.29, 1.82) is 0 Å². The molecule has 0 aromatic heterocycles. The van der Waals surface area contributed by atoms with Crippen molar-refractivity contribution in [3.05, 3.63) is 193 Å². The van der Waals surface area contributed by atoms with E-state index in [4.69, 9.17) is 0 Å². The molecule has 2 nitrogen and oxygen atoms in total. The quantitative estimate of drug-likeness (QED) is 0.158. The molecule has 274 valence electrons. The van der Waals surface area contributed by atoms with Crippen LogP contribution in [0.2, 0.25) is 0 Å². The highest BCUT2D eigenvalue weighted by Gasteiger charge is 2.29. The standard InChI is InChI=1S/C54H48N2/c1-53(2,3)51-45-33-31-42(56(40-25-11-8-12-26-40)50-30-18-22-38-20-14-16-28-44(38)50)36-48(45)52(54(4,5)6)46-34-32-41(35-47(46)51)55(39-23-9-7-10-24-39)49-29-17-21-37-19-13-15-27-43(37)49/h7-36H,1-6H3. The first kappa shape index (κ1) is 35.3. The number of benzene rings is 9. The molecule has 0 aliphatic carbocycles. The predicted molar refractivity (Wildman–Crippen MR) is 243 cm³/mol. The Morgan fingerprint density at radius 3 is 1.04 bits per heavy atom. The van der Waals surface area contributed by atoms with Gasteiger partial charge in [0.1, 0.15) is 0 Å². The van der Waals surface area contributed by atoms with Crippen molar-refractivity contribution < 1.29 is 0 Å². The molecule has 0 saturated heterocycles. The first-order chi connectivity index (χ1) is 27.1. The molecular weight excluding hydrogens is 677 g/mol. The van der Waals surface area contributed by atoms with E-state index in [0.717, 1.165) is 22.7 Å². The molecule has 0 fully saturated rings. The lowest BCUT2D eigenvalue weighted by atomic mass is 9.74. The molecule has 56 heavy (non-hydrogen) atoms. The molecule has 0 aliphatic heterocycles. The zero-order chi connectivity index (χ0) is 38.6. The Bertz CT molecular complexity index is 2670. The van der Waals surface area contributed by atoms with Crippen LogP contribution in [0.1, 0.15) is 52.7 Å². The lowest BCUT2D eigenvalue weighted by Gasteiger charge is -2.33. The molecule has 9 aromatic rings. The lowest BCUT2D eigenvalue weighted by molar-refractivity contribution is 0.593. The average Bonchev–Trinajstić information content (AvgIpc) is 3.20. The van der Waals surface area contributed by atoms with Crippen LogP contribution in [0.5, 0.6) is 0 Å². The van der Waals surface area contributed by atoms with E-state index in [1.807, 2.05) is 0 Å². The van der Waals surface area contributed by atoms with E-state index >= 15 is 0 Å². The van der Waals surface area contributed by atoms with Gasteiger partial charge in [0.05, 0.1) is 11.4 Å². The minimum Gasteiger partial charge on any atom is -0.310 e. The molecule has 0 atom stereocenters. The fraction of sp³-hybridized carbons (Fsp3) is 0.148. The summed E-state index contributed by atoms with van der Waals surface area (Å²) in [4.78, 5) is 4.86. The van der Waals surface area contributed by atoms with Gasteiger partial charge in [-0.15, -0.1) is 0 Å². The third-order valence-electron chi connectivity index (χ3n) is 11.1. The molecule has 0 amide bonds. The van der Waals surface area contributed by atoms with Gasteiger partial charge in [0, 0.05) is 33.5 Å². The van der Waals surface area contributed by atoms with Gasteiger partial charge in [-0.25, -0.2) is 0 Å². The van der Waals surface area contributed by atoms with Crippen LogP contribution in [0, 0.1) is 0 Å². The van der Waals surface area contributed by atoms with E-state index < -0.39 is 0 Å². The van der Waals surface area contributed by atoms with Crippen LogP contribution in [0.4, 0.5) is 34.1 Å². The highest BCUT2D eigenvalue weighted by molar-refractivity contribution is 6.11. The highest BCUT2D eigenvalue weighted by Crippen LogP contribution is 2.49. The SMILES string of the molecule is CC(C)(C)c1c2ccc(N(c3ccccc3)c3cccc4ccccc34)cc2c(C(C)(C)C)c2ccc(N(c3ccccc3)c3cccc4ccccc34)cc12. The van der Waals surface area contributed by atoms with Gasteiger partial charge in [-0.3, -0.25) is 0 Å². The zero-order valence-electron chi connectivity index (χ0n) is 33.2. The van der Waals surface area contributed by atoms with Crippen LogP contribution in [0.3, 0.4) is 0 Å². The van der Waals surface area contributed by atoms with Gasteiger partial charge < -0.3 is 9.80 Å². The molecule has 0 bridgehead atoms. The van der Waals surface area contributed by atoms with E-state index in [2.05, 4.69) is 233 Å². The van der Waals surface area contributed by atoms with Gasteiger partial charge in [0.2, 0.25) is 0 Å². The van der Waals surface area contributed by atoms with Gasteiger partial charge in [0.15, 0.2) is 0 Å². The summed E-state index contributed by atoms with van der Waals surface area (Å²) in [5.74, 6) is 0. The predicted octanol–water partition coefficient (Wildman–Crippen LogP) is 15.8. The van der Waals surface area contributed by atoms with Crippen LogP contribution < -0.4 is 9.80 Å². The zero-order valence-corrected chi connectivity index (χ0v) is 33.2. The summed E-state index contributed by atoms with van der Waals surface area (Å²) in [5.41, 5.74) is 9.35.